The fourth-order valence-corrected chi connectivity index (χ4v) is 2.66. The molecule has 0 bridgehead atoms. The summed E-state index contributed by atoms with van der Waals surface area (Å²) in [5, 5.41) is 5.72. The van der Waals surface area contributed by atoms with Gasteiger partial charge in [0, 0.05) is 43.3 Å². The Morgan fingerprint density at radius 2 is 1.80 bits per heavy atom. The van der Waals surface area contributed by atoms with Crippen LogP contribution in [0.3, 0.4) is 0 Å². The molecule has 0 fully saturated rings. The Morgan fingerprint density at radius 3 is 2.48 bits per heavy atom. The number of aryl methyl sites for hydroxylation is 2. The third-order valence-electron chi connectivity index (χ3n) is 3.93. The Bertz CT molecular complexity index is 714. The van der Waals surface area contributed by atoms with Crippen LogP contribution >= 0.6 is 0 Å². The van der Waals surface area contributed by atoms with E-state index in [1.165, 1.54) is 6.92 Å². The third kappa shape index (κ3) is 6.37. The van der Waals surface area contributed by atoms with Gasteiger partial charge in [0.15, 0.2) is 12.4 Å². The highest BCUT2D eigenvalue weighted by molar-refractivity contribution is 5.94. The van der Waals surface area contributed by atoms with Crippen LogP contribution in [0.5, 0.6) is 0 Å². The molecule has 0 aliphatic heterocycles. The standard InChI is InChI=1S/C20H25N3O2/c1-3-17-10-11-18(21-16(2)24)15-19(17)22-20(25)9-5-8-14-23-12-6-4-7-13-23/h4,6-7,10-13,15H,3,5,8-9,14H2,1-2H3,(H-,21,22,24,25)/p+1. The van der Waals surface area contributed by atoms with E-state index in [1.807, 2.05) is 55.7 Å². The van der Waals surface area contributed by atoms with E-state index in [4.69, 9.17) is 0 Å². The summed E-state index contributed by atoms with van der Waals surface area (Å²) in [4.78, 5) is 23.4. The SMILES string of the molecule is CCc1ccc(NC(C)=O)cc1NC(=O)CCCC[n+]1ccccc1. The Hall–Kier alpha value is -2.69. The summed E-state index contributed by atoms with van der Waals surface area (Å²) in [6.07, 6.45) is 7.15. The quantitative estimate of drug-likeness (QED) is 0.572. The largest absolute Gasteiger partial charge is 0.326 e. The summed E-state index contributed by atoms with van der Waals surface area (Å²) in [6, 6.07) is 11.6. The minimum atomic E-state index is -0.125. The van der Waals surface area contributed by atoms with E-state index >= 15 is 0 Å². The zero-order valence-electron chi connectivity index (χ0n) is 14.9. The maximum Gasteiger partial charge on any atom is 0.224 e. The Balaban J connectivity index is 1.85. The van der Waals surface area contributed by atoms with Crippen LogP contribution in [0.25, 0.3) is 0 Å². The van der Waals surface area contributed by atoms with Gasteiger partial charge < -0.3 is 10.6 Å². The molecule has 0 spiro atoms. The number of carbonyl (C=O) groups excluding carboxylic acids is 2. The predicted octanol–water partition coefficient (Wildman–Crippen LogP) is 3.30. The van der Waals surface area contributed by atoms with E-state index in [9.17, 15) is 9.59 Å². The molecule has 1 aromatic heterocycles. The first-order valence-electron chi connectivity index (χ1n) is 8.73. The molecular formula is C20H26N3O2+. The Morgan fingerprint density at radius 1 is 1.04 bits per heavy atom. The summed E-state index contributed by atoms with van der Waals surface area (Å²) in [5.41, 5.74) is 2.53. The van der Waals surface area contributed by atoms with Gasteiger partial charge in [0.25, 0.3) is 0 Å². The molecule has 0 aliphatic rings. The molecule has 5 heteroatoms. The van der Waals surface area contributed by atoms with E-state index in [0.29, 0.717) is 12.1 Å². The number of rotatable bonds is 8. The van der Waals surface area contributed by atoms with Crippen molar-refractivity contribution in [1.82, 2.24) is 0 Å². The molecule has 2 amide bonds. The number of unbranched alkanes of at least 4 members (excludes halogenated alkanes) is 1. The lowest BCUT2D eigenvalue weighted by Crippen LogP contribution is -2.32. The fraction of sp³-hybridized carbons (Fsp3) is 0.350. The maximum atomic E-state index is 12.2. The summed E-state index contributed by atoms with van der Waals surface area (Å²) in [7, 11) is 0. The number of carbonyl (C=O) groups is 2. The molecule has 0 saturated heterocycles. The number of aromatic nitrogens is 1. The summed E-state index contributed by atoms with van der Waals surface area (Å²) >= 11 is 0. The van der Waals surface area contributed by atoms with Gasteiger partial charge in [0.1, 0.15) is 6.54 Å². The van der Waals surface area contributed by atoms with Crippen molar-refractivity contribution < 1.29 is 14.2 Å². The lowest BCUT2D eigenvalue weighted by Gasteiger charge is -2.12. The zero-order valence-corrected chi connectivity index (χ0v) is 14.9. The molecule has 2 rings (SSSR count). The molecule has 1 heterocycles. The number of benzene rings is 1. The topological polar surface area (TPSA) is 62.1 Å². The van der Waals surface area contributed by atoms with Crippen LogP contribution in [0, 0.1) is 0 Å². The molecule has 5 nitrogen and oxygen atoms in total. The van der Waals surface area contributed by atoms with Gasteiger partial charge in [-0.1, -0.05) is 19.1 Å². The first kappa shape index (κ1) is 18.6. The molecule has 2 N–H and O–H groups in total. The summed E-state index contributed by atoms with van der Waals surface area (Å²) < 4.78 is 2.12. The lowest BCUT2D eigenvalue weighted by atomic mass is 10.1. The molecule has 1 aromatic carbocycles. The van der Waals surface area contributed by atoms with Gasteiger partial charge in [-0.05, 0) is 30.5 Å². The second kappa shape index (κ2) is 9.57. The minimum absolute atomic E-state index is 0.00716. The van der Waals surface area contributed by atoms with Crippen LogP contribution < -0.4 is 15.2 Å². The highest BCUT2D eigenvalue weighted by Gasteiger charge is 2.08. The van der Waals surface area contributed by atoms with Gasteiger partial charge in [-0.25, -0.2) is 4.57 Å². The van der Waals surface area contributed by atoms with Crippen LogP contribution in [-0.4, -0.2) is 11.8 Å². The maximum absolute atomic E-state index is 12.2. The normalized spacial score (nSPS) is 10.3. The molecular weight excluding hydrogens is 314 g/mol. The third-order valence-corrected chi connectivity index (χ3v) is 3.93. The first-order chi connectivity index (χ1) is 12.1. The van der Waals surface area contributed by atoms with Crippen molar-refractivity contribution in [2.75, 3.05) is 10.6 Å². The summed E-state index contributed by atoms with van der Waals surface area (Å²) in [5.74, 6) is -0.118. The zero-order chi connectivity index (χ0) is 18.1. The minimum Gasteiger partial charge on any atom is -0.326 e. The second-order valence-corrected chi connectivity index (χ2v) is 6.03. The number of pyridine rings is 1. The van der Waals surface area contributed by atoms with Crippen LogP contribution in [0.4, 0.5) is 11.4 Å². The van der Waals surface area contributed by atoms with Crippen LogP contribution in [-0.2, 0) is 22.6 Å². The Kier molecular flexibility index (Phi) is 7.14. The molecule has 0 radical (unpaired) electrons. The van der Waals surface area contributed by atoms with Crippen molar-refractivity contribution >= 4 is 23.2 Å². The van der Waals surface area contributed by atoms with E-state index in [1.54, 1.807) is 0 Å². The Labute approximate surface area is 149 Å². The smallest absolute Gasteiger partial charge is 0.224 e. The first-order valence-corrected chi connectivity index (χ1v) is 8.73. The van der Waals surface area contributed by atoms with Crippen LogP contribution in [0.2, 0.25) is 0 Å². The van der Waals surface area contributed by atoms with E-state index in [2.05, 4.69) is 15.2 Å². The van der Waals surface area contributed by atoms with Crippen molar-refractivity contribution in [1.29, 1.82) is 0 Å². The second-order valence-electron chi connectivity index (χ2n) is 6.03. The van der Waals surface area contributed by atoms with Crippen molar-refractivity contribution in [3.63, 3.8) is 0 Å². The summed E-state index contributed by atoms with van der Waals surface area (Å²) in [6.45, 7) is 4.42. The van der Waals surface area contributed by atoms with Crippen LogP contribution in [0.15, 0.2) is 48.8 Å². The molecule has 25 heavy (non-hydrogen) atoms. The van der Waals surface area contributed by atoms with Crippen LogP contribution in [0.1, 0.15) is 38.7 Å². The van der Waals surface area contributed by atoms with E-state index in [0.717, 1.165) is 37.1 Å². The van der Waals surface area contributed by atoms with Crippen molar-refractivity contribution in [3.05, 3.63) is 54.4 Å². The van der Waals surface area contributed by atoms with Gasteiger partial charge in [0.2, 0.25) is 11.8 Å². The lowest BCUT2D eigenvalue weighted by molar-refractivity contribution is -0.697. The van der Waals surface area contributed by atoms with E-state index in [-0.39, 0.29) is 11.8 Å². The van der Waals surface area contributed by atoms with Gasteiger partial charge in [-0.15, -0.1) is 0 Å². The molecule has 2 aromatic rings. The predicted molar refractivity (Wildman–Crippen MR) is 99.2 cm³/mol. The van der Waals surface area contributed by atoms with Gasteiger partial charge in [-0.2, -0.15) is 0 Å². The number of hydrogen-bond acceptors (Lipinski definition) is 2. The highest BCUT2D eigenvalue weighted by atomic mass is 16.2. The molecule has 0 unspecified atom stereocenters. The molecule has 0 saturated carbocycles. The number of anilines is 2. The fourth-order valence-electron chi connectivity index (χ4n) is 2.66. The molecule has 132 valence electrons. The molecule has 0 atom stereocenters. The van der Waals surface area contributed by atoms with Gasteiger partial charge >= 0.3 is 0 Å². The average Bonchev–Trinajstić information content (AvgIpc) is 2.59. The molecule has 0 aliphatic carbocycles. The number of amides is 2. The van der Waals surface area contributed by atoms with Crippen molar-refractivity contribution in [2.24, 2.45) is 0 Å². The monoisotopic (exact) mass is 340 g/mol. The van der Waals surface area contributed by atoms with E-state index < -0.39 is 0 Å². The van der Waals surface area contributed by atoms with Gasteiger partial charge in [-0.3, -0.25) is 9.59 Å². The number of nitrogens with zero attached hydrogens (tertiary/aromatic N) is 1. The van der Waals surface area contributed by atoms with Gasteiger partial charge in [0.05, 0.1) is 0 Å². The number of hydrogen-bond donors (Lipinski definition) is 2. The highest BCUT2D eigenvalue weighted by Crippen LogP contribution is 2.22. The average molecular weight is 340 g/mol. The van der Waals surface area contributed by atoms with Crippen molar-refractivity contribution in [3.8, 4) is 0 Å². The van der Waals surface area contributed by atoms with Crippen molar-refractivity contribution in [2.45, 2.75) is 46.1 Å². The number of nitrogens with one attached hydrogen (secondary N) is 2.